The summed E-state index contributed by atoms with van der Waals surface area (Å²) in [5.41, 5.74) is 6.42. The lowest BCUT2D eigenvalue weighted by Crippen LogP contribution is -2.32. The Balaban J connectivity index is 2.52. The molecule has 0 aliphatic heterocycles. The van der Waals surface area contributed by atoms with E-state index in [0.29, 0.717) is 12.8 Å². The normalized spacial score (nSPS) is 17.6. The lowest BCUT2D eigenvalue weighted by Gasteiger charge is -2.12. The Bertz CT molecular complexity index is 304. The Labute approximate surface area is 82.4 Å². The smallest absolute Gasteiger partial charge is 0.322 e. The highest BCUT2D eigenvalue weighted by molar-refractivity contribution is 5.93. The number of ether oxygens (including phenoxy) is 1. The van der Waals surface area contributed by atoms with E-state index >= 15 is 0 Å². The molecular formula is C10H13NO3. The largest absolute Gasteiger partial charge is 0.468 e. The molecule has 0 unspecified atom stereocenters. The van der Waals surface area contributed by atoms with Gasteiger partial charge < -0.3 is 10.5 Å². The van der Waals surface area contributed by atoms with Gasteiger partial charge in [-0.05, 0) is 12.5 Å². The number of rotatable bonds is 3. The first-order chi connectivity index (χ1) is 6.63. The molecule has 0 aromatic heterocycles. The van der Waals surface area contributed by atoms with Crippen LogP contribution in [0, 0.1) is 0 Å². The highest BCUT2D eigenvalue weighted by atomic mass is 16.5. The molecule has 14 heavy (non-hydrogen) atoms. The summed E-state index contributed by atoms with van der Waals surface area (Å²) < 4.78 is 4.49. The molecule has 0 saturated heterocycles. The molecule has 0 heterocycles. The Kier molecular flexibility index (Phi) is 3.59. The molecule has 0 amide bonds. The van der Waals surface area contributed by atoms with Crippen molar-refractivity contribution in [3.8, 4) is 0 Å². The molecule has 1 atom stereocenters. The average Bonchev–Trinajstić information content (AvgIpc) is 2.16. The van der Waals surface area contributed by atoms with Crippen molar-refractivity contribution in [1.29, 1.82) is 0 Å². The Hall–Kier alpha value is -1.42. The van der Waals surface area contributed by atoms with Crippen molar-refractivity contribution in [3.05, 3.63) is 23.8 Å². The quantitative estimate of drug-likeness (QED) is 0.659. The molecule has 0 aromatic rings. The maximum Gasteiger partial charge on any atom is 0.322 e. The molecule has 1 rings (SSSR count). The molecule has 0 bridgehead atoms. The minimum atomic E-state index is -0.675. The molecule has 0 saturated carbocycles. The van der Waals surface area contributed by atoms with Gasteiger partial charge in [0.2, 0.25) is 0 Å². The molecule has 1 aliphatic rings. The Morgan fingerprint density at radius 1 is 1.71 bits per heavy atom. The first kappa shape index (κ1) is 10.7. The standard InChI is InChI=1S/C10H13NO3/c1-14-10(13)9(11)6-7-3-2-4-8(12)5-7/h2-4,9H,5-6,11H2,1H3/t9-/m0/s1. The van der Waals surface area contributed by atoms with Crippen LogP contribution in [0.4, 0.5) is 0 Å². The van der Waals surface area contributed by atoms with Crippen molar-refractivity contribution in [2.75, 3.05) is 7.11 Å². The van der Waals surface area contributed by atoms with Gasteiger partial charge >= 0.3 is 5.97 Å². The SMILES string of the molecule is COC(=O)[C@@H](N)CC1=CC=CC(=O)C1. The van der Waals surface area contributed by atoms with E-state index in [1.54, 1.807) is 6.08 Å². The summed E-state index contributed by atoms with van der Waals surface area (Å²) in [5, 5.41) is 0. The lowest BCUT2D eigenvalue weighted by molar-refractivity contribution is -0.142. The average molecular weight is 195 g/mol. The van der Waals surface area contributed by atoms with Gasteiger partial charge in [-0.1, -0.05) is 17.7 Å². The summed E-state index contributed by atoms with van der Waals surface area (Å²) in [6.07, 6.45) is 5.71. The summed E-state index contributed by atoms with van der Waals surface area (Å²) >= 11 is 0. The second-order valence-corrected chi connectivity index (χ2v) is 3.16. The van der Waals surface area contributed by atoms with Crippen LogP contribution >= 0.6 is 0 Å². The number of esters is 1. The van der Waals surface area contributed by atoms with Gasteiger partial charge in [0.1, 0.15) is 6.04 Å². The first-order valence-electron chi connectivity index (χ1n) is 4.36. The van der Waals surface area contributed by atoms with Gasteiger partial charge in [-0.2, -0.15) is 0 Å². The van der Waals surface area contributed by atoms with Gasteiger partial charge in [0.25, 0.3) is 0 Å². The van der Waals surface area contributed by atoms with Crippen molar-refractivity contribution in [3.63, 3.8) is 0 Å². The van der Waals surface area contributed by atoms with E-state index in [1.807, 2.05) is 6.08 Å². The van der Waals surface area contributed by atoms with Crippen LogP contribution in [-0.2, 0) is 14.3 Å². The van der Waals surface area contributed by atoms with Crippen LogP contribution in [-0.4, -0.2) is 24.9 Å². The molecular weight excluding hydrogens is 182 g/mol. The topological polar surface area (TPSA) is 69.4 Å². The molecule has 4 heteroatoms. The summed E-state index contributed by atoms with van der Waals surface area (Å²) in [7, 11) is 1.29. The predicted molar refractivity (Wildman–Crippen MR) is 51.5 cm³/mol. The number of ketones is 1. The fourth-order valence-corrected chi connectivity index (χ4v) is 1.29. The number of hydrogen-bond donors (Lipinski definition) is 1. The molecule has 4 nitrogen and oxygen atoms in total. The number of carbonyl (C=O) groups is 2. The van der Waals surface area contributed by atoms with Crippen LogP contribution in [0.1, 0.15) is 12.8 Å². The van der Waals surface area contributed by atoms with Gasteiger partial charge in [0.15, 0.2) is 5.78 Å². The number of carbonyl (C=O) groups excluding carboxylic acids is 2. The van der Waals surface area contributed by atoms with Crippen LogP contribution < -0.4 is 5.73 Å². The first-order valence-corrected chi connectivity index (χ1v) is 4.36. The van der Waals surface area contributed by atoms with E-state index in [1.165, 1.54) is 13.2 Å². The molecule has 0 spiro atoms. The van der Waals surface area contributed by atoms with Gasteiger partial charge in [0.05, 0.1) is 7.11 Å². The van der Waals surface area contributed by atoms with Crippen LogP contribution in [0.15, 0.2) is 23.8 Å². The second kappa shape index (κ2) is 4.72. The molecule has 0 fully saturated rings. The zero-order chi connectivity index (χ0) is 10.6. The molecule has 2 N–H and O–H groups in total. The monoisotopic (exact) mass is 195 g/mol. The van der Waals surface area contributed by atoms with Crippen molar-refractivity contribution in [2.24, 2.45) is 5.73 Å². The number of allylic oxidation sites excluding steroid dienone is 3. The molecule has 0 radical (unpaired) electrons. The molecule has 1 aliphatic carbocycles. The van der Waals surface area contributed by atoms with Gasteiger partial charge in [-0.3, -0.25) is 9.59 Å². The van der Waals surface area contributed by atoms with E-state index in [9.17, 15) is 9.59 Å². The van der Waals surface area contributed by atoms with E-state index < -0.39 is 12.0 Å². The predicted octanol–water partition coefficient (Wildman–Crippen LogP) is 0.332. The third-order valence-corrected chi connectivity index (χ3v) is 2.00. The number of nitrogens with two attached hydrogens (primary N) is 1. The minimum Gasteiger partial charge on any atom is -0.468 e. The summed E-state index contributed by atoms with van der Waals surface area (Å²) in [4.78, 5) is 22.0. The zero-order valence-electron chi connectivity index (χ0n) is 8.03. The summed E-state index contributed by atoms with van der Waals surface area (Å²) in [6.45, 7) is 0. The number of hydrogen-bond acceptors (Lipinski definition) is 4. The maximum atomic E-state index is 11.0. The van der Waals surface area contributed by atoms with Crippen molar-refractivity contribution < 1.29 is 14.3 Å². The van der Waals surface area contributed by atoms with E-state index in [4.69, 9.17) is 5.73 Å². The van der Waals surface area contributed by atoms with Gasteiger partial charge in [-0.15, -0.1) is 0 Å². The lowest BCUT2D eigenvalue weighted by atomic mass is 9.98. The van der Waals surface area contributed by atoms with E-state index in [2.05, 4.69) is 4.74 Å². The highest BCUT2D eigenvalue weighted by Gasteiger charge is 2.17. The number of methoxy groups -OCH3 is 1. The highest BCUT2D eigenvalue weighted by Crippen LogP contribution is 2.14. The van der Waals surface area contributed by atoms with Crippen molar-refractivity contribution in [1.82, 2.24) is 0 Å². The summed E-state index contributed by atoms with van der Waals surface area (Å²) in [6, 6.07) is -0.675. The molecule has 0 aromatic carbocycles. The minimum absolute atomic E-state index is 0.0413. The third-order valence-electron chi connectivity index (χ3n) is 2.00. The Morgan fingerprint density at radius 3 is 3.00 bits per heavy atom. The molecule has 76 valence electrons. The van der Waals surface area contributed by atoms with E-state index in [-0.39, 0.29) is 5.78 Å². The van der Waals surface area contributed by atoms with Gasteiger partial charge in [0, 0.05) is 6.42 Å². The third kappa shape index (κ3) is 2.81. The second-order valence-electron chi connectivity index (χ2n) is 3.16. The Morgan fingerprint density at radius 2 is 2.43 bits per heavy atom. The van der Waals surface area contributed by atoms with Crippen LogP contribution in [0.2, 0.25) is 0 Å². The fourth-order valence-electron chi connectivity index (χ4n) is 1.29. The van der Waals surface area contributed by atoms with E-state index in [0.717, 1.165) is 5.57 Å². The zero-order valence-corrected chi connectivity index (χ0v) is 8.03. The van der Waals surface area contributed by atoms with Crippen molar-refractivity contribution in [2.45, 2.75) is 18.9 Å². The summed E-state index contributed by atoms with van der Waals surface area (Å²) in [5.74, 6) is -0.410. The maximum absolute atomic E-state index is 11.0. The van der Waals surface area contributed by atoms with Crippen LogP contribution in [0.3, 0.4) is 0 Å². The van der Waals surface area contributed by atoms with Crippen LogP contribution in [0.25, 0.3) is 0 Å². The fraction of sp³-hybridized carbons (Fsp3) is 0.400. The van der Waals surface area contributed by atoms with Gasteiger partial charge in [-0.25, -0.2) is 0 Å². The van der Waals surface area contributed by atoms with Crippen LogP contribution in [0.5, 0.6) is 0 Å². The van der Waals surface area contributed by atoms with Crippen molar-refractivity contribution >= 4 is 11.8 Å².